The van der Waals surface area contributed by atoms with E-state index in [2.05, 4.69) is 0 Å². The van der Waals surface area contributed by atoms with Crippen LogP contribution in [0.25, 0.3) is 0 Å². The number of aryl methyl sites for hydroxylation is 2. The van der Waals surface area contributed by atoms with Crippen molar-refractivity contribution in [2.45, 2.75) is 26.2 Å². The molecule has 3 nitrogen and oxygen atoms in total. The van der Waals surface area contributed by atoms with Crippen molar-refractivity contribution in [3.8, 4) is 5.75 Å². The molecule has 0 radical (unpaired) electrons. The molecule has 1 aromatic rings. The number of carboxylic acid groups (broad SMARTS) is 1. The van der Waals surface area contributed by atoms with Crippen molar-refractivity contribution >= 4 is 5.97 Å². The van der Waals surface area contributed by atoms with Crippen LogP contribution in [0.5, 0.6) is 5.75 Å². The predicted octanol–water partition coefficient (Wildman–Crippen LogP) is 2.88. The normalized spacial score (nSPS) is 11.4. The summed E-state index contributed by atoms with van der Waals surface area (Å²) in [4.78, 5) is 10.4. The second-order valence-electron chi connectivity index (χ2n) is 3.91. The molecule has 5 heteroatoms. The van der Waals surface area contributed by atoms with Gasteiger partial charge in [-0.05, 0) is 37.1 Å². The third-order valence-corrected chi connectivity index (χ3v) is 2.51. The molecule has 0 saturated heterocycles. The van der Waals surface area contributed by atoms with Crippen molar-refractivity contribution in [3.05, 3.63) is 28.8 Å². The summed E-state index contributed by atoms with van der Waals surface area (Å²) < 4.78 is 32.3. The Hall–Kier alpha value is -1.65. The van der Waals surface area contributed by atoms with Crippen LogP contribution in [-0.2, 0) is 10.7 Å². The van der Waals surface area contributed by atoms with Crippen molar-refractivity contribution < 1.29 is 23.4 Å². The summed E-state index contributed by atoms with van der Waals surface area (Å²) in [5, 5.41) is 8.47. The van der Waals surface area contributed by atoms with Gasteiger partial charge in [0.05, 0.1) is 7.11 Å². The monoisotopic (exact) mass is 244 g/mol. The number of alkyl halides is 2. The van der Waals surface area contributed by atoms with Crippen LogP contribution in [0.2, 0.25) is 0 Å². The van der Waals surface area contributed by atoms with Crippen LogP contribution in [0.4, 0.5) is 8.78 Å². The fourth-order valence-corrected chi connectivity index (χ4v) is 1.69. The van der Waals surface area contributed by atoms with E-state index in [4.69, 9.17) is 9.84 Å². The molecule has 0 heterocycles. The minimum Gasteiger partial charge on any atom is -0.496 e. The molecule has 0 aliphatic heterocycles. The van der Waals surface area contributed by atoms with E-state index in [1.165, 1.54) is 26.2 Å². The van der Waals surface area contributed by atoms with Crippen molar-refractivity contribution in [3.63, 3.8) is 0 Å². The van der Waals surface area contributed by atoms with Crippen LogP contribution in [0.15, 0.2) is 12.1 Å². The van der Waals surface area contributed by atoms with Gasteiger partial charge in [0, 0.05) is 5.56 Å². The predicted molar refractivity (Wildman–Crippen MR) is 58.6 cm³/mol. The van der Waals surface area contributed by atoms with Crippen molar-refractivity contribution in [2.75, 3.05) is 7.11 Å². The maximum Gasteiger partial charge on any atom is 0.309 e. The molecule has 94 valence electrons. The first-order chi connectivity index (χ1) is 7.77. The van der Waals surface area contributed by atoms with E-state index in [0.29, 0.717) is 16.9 Å². The molecule has 1 rings (SSSR count). The Bertz CT molecular complexity index is 442. The first-order valence-electron chi connectivity index (χ1n) is 5.03. The molecule has 0 atom stereocenters. The van der Waals surface area contributed by atoms with Crippen LogP contribution in [-0.4, -0.2) is 18.2 Å². The summed E-state index contributed by atoms with van der Waals surface area (Å²) in [7, 11) is 1.46. The molecule has 0 saturated carbocycles. The Balaban J connectivity index is 3.22. The first-order valence-corrected chi connectivity index (χ1v) is 5.03. The maximum atomic E-state index is 13.7. The lowest BCUT2D eigenvalue weighted by Gasteiger charge is -2.19. The minimum atomic E-state index is -3.37. The molecule has 17 heavy (non-hydrogen) atoms. The Kier molecular flexibility index (Phi) is 3.70. The van der Waals surface area contributed by atoms with Gasteiger partial charge >= 0.3 is 5.97 Å². The Morgan fingerprint density at radius 3 is 2.41 bits per heavy atom. The SMILES string of the molecule is COc1cc(C)c(C(F)(F)CC(=O)O)cc1C. The molecule has 0 aliphatic rings. The Labute approximate surface area is 98.0 Å². The molecule has 1 N–H and O–H groups in total. The molecular weight excluding hydrogens is 230 g/mol. The number of carbonyl (C=O) groups is 1. The Morgan fingerprint density at radius 1 is 1.35 bits per heavy atom. The largest absolute Gasteiger partial charge is 0.496 e. The number of ether oxygens (including phenoxy) is 1. The summed E-state index contributed by atoms with van der Waals surface area (Å²) in [6, 6.07) is 2.76. The molecule has 0 aromatic heterocycles. The van der Waals surface area contributed by atoms with Gasteiger partial charge < -0.3 is 9.84 Å². The number of rotatable bonds is 4. The van der Waals surface area contributed by atoms with Crippen LogP contribution in [0.3, 0.4) is 0 Å². The highest BCUT2D eigenvalue weighted by atomic mass is 19.3. The second kappa shape index (κ2) is 4.69. The van der Waals surface area contributed by atoms with E-state index in [9.17, 15) is 13.6 Å². The standard InChI is InChI=1S/C12H14F2O3/c1-7-5-10(17-3)8(2)4-9(7)12(13,14)6-11(15)16/h4-5H,6H2,1-3H3,(H,15,16). The fourth-order valence-electron chi connectivity index (χ4n) is 1.69. The molecule has 0 unspecified atom stereocenters. The van der Waals surface area contributed by atoms with Gasteiger partial charge in [-0.3, -0.25) is 4.79 Å². The number of hydrogen-bond donors (Lipinski definition) is 1. The molecule has 0 amide bonds. The highest BCUT2D eigenvalue weighted by Gasteiger charge is 2.36. The van der Waals surface area contributed by atoms with Gasteiger partial charge in [0.25, 0.3) is 5.92 Å². The molecule has 0 bridgehead atoms. The number of benzene rings is 1. The van der Waals surface area contributed by atoms with Gasteiger partial charge in [-0.25, -0.2) is 8.78 Å². The summed E-state index contributed by atoms with van der Waals surface area (Å²) >= 11 is 0. The van der Waals surface area contributed by atoms with Gasteiger partial charge in [-0.1, -0.05) is 0 Å². The third kappa shape index (κ3) is 2.93. The summed E-state index contributed by atoms with van der Waals surface area (Å²) in [6.45, 7) is 3.14. The number of methoxy groups -OCH3 is 1. The van der Waals surface area contributed by atoms with Crippen molar-refractivity contribution in [2.24, 2.45) is 0 Å². The fraction of sp³-hybridized carbons (Fsp3) is 0.417. The highest BCUT2D eigenvalue weighted by Crippen LogP contribution is 2.36. The van der Waals surface area contributed by atoms with Gasteiger partial charge in [0.15, 0.2) is 0 Å². The van der Waals surface area contributed by atoms with Gasteiger partial charge in [-0.15, -0.1) is 0 Å². The van der Waals surface area contributed by atoms with E-state index in [1.807, 2.05) is 0 Å². The number of carboxylic acids is 1. The summed E-state index contributed by atoms with van der Waals surface area (Å²) in [6.07, 6.45) is -1.21. The van der Waals surface area contributed by atoms with Gasteiger partial charge in [-0.2, -0.15) is 0 Å². The lowest BCUT2D eigenvalue weighted by Crippen LogP contribution is -2.20. The second-order valence-corrected chi connectivity index (χ2v) is 3.91. The lowest BCUT2D eigenvalue weighted by molar-refractivity contribution is -0.145. The molecule has 0 aliphatic carbocycles. The highest BCUT2D eigenvalue weighted by molar-refractivity contribution is 5.68. The van der Waals surface area contributed by atoms with Crippen LogP contribution >= 0.6 is 0 Å². The summed E-state index contributed by atoms with van der Waals surface area (Å²) in [5.74, 6) is -4.38. The summed E-state index contributed by atoms with van der Waals surface area (Å²) in [5.41, 5.74) is 0.607. The topological polar surface area (TPSA) is 46.5 Å². The number of hydrogen-bond acceptors (Lipinski definition) is 2. The van der Waals surface area contributed by atoms with Crippen LogP contribution < -0.4 is 4.74 Å². The van der Waals surface area contributed by atoms with Crippen LogP contribution in [0, 0.1) is 13.8 Å². The quantitative estimate of drug-likeness (QED) is 0.885. The van der Waals surface area contributed by atoms with E-state index < -0.39 is 18.3 Å². The average molecular weight is 244 g/mol. The van der Waals surface area contributed by atoms with Gasteiger partial charge in [0.1, 0.15) is 12.2 Å². The van der Waals surface area contributed by atoms with Crippen LogP contribution in [0.1, 0.15) is 23.1 Å². The zero-order valence-electron chi connectivity index (χ0n) is 9.88. The maximum absolute atomic E-state index is 13.7. The Morgan fingerprint density at radius 2 is 1.94 bits per heavy atom. The minimum absolute atomic E-state index is 0.266. The molecular formula is C12H14F2O3. The molecule has 0 spiro atoms. The number of halogens is 2. The average Bonchev–Trinajstić information content (AvgIpc) is 2.18. The van der Waals surface area contributed by atoms with Crippen molar-refractivity contribution in [1.29, 1.82) is 0 Å². The van der Waals surface area contributed by atoms with E-state index in [1.54, 1.807) is 6.92 Å². The van der Waals surface area contributed by atoms with E-state index in [0.717, 1.165) is 0 Å². The first kappa shape index (κ1) is 13.4. The number of aliphatic carboxylic acids is 1. The zero-order valence-corrected chi connectivity index (χ0v) is 9.88. The molecule has 1 aromatic carbocycles. The van der Waals surface area contributed by atoms with E-state index in [-0.39, 0.29) is 5.56 Å². The van der Waals surface area contributed by atoms with Crippen molar-refractivity contribution in [1.82, 2.24) is 0 Å². The third-order valence-electron chi connectivity index (χ3n) is 2.51. The lowest BCUT2D eigenvalue weighted by atomic mass is 9.97. The van der Waals surface area contributed by atoms with Gasteiger partial charge in [0.2, 0.25) is 0 Å². The molecule has 0 fully saturated rings. The zero-order chi connectivity index (χ0) is 13.2. The van der Waals surface area contributed by atoms with E-state index >= 15 is 0 Å². The smallest absolute Gasteiger partial charge is 0.309 e.